The summed E-state index contributed by atoms with van der Waals surface area (Å²) in [5, 5.41) is 0.835. The zero-order valence-corrected chi connectivity index (χ0v) is 16.1. The lowest BCUT2D eigenvalue weighted by Gasteiger charge is -2.30. The number of amides is 1. The average molecular weight is 390 g/mol. The van der Waals surface area contributed by atoms with Gasteiger partial charge in [-0.3, -0.25) is 9.69 Å². The number of carbonyl (C=O) groups is 1. The molecule has 0 aliphatic carbocycles. The number of nitrogens with two attached hydrogens (primary N) is 1. The predicted octanol–water partition coefficient (Wildman–Crippen LogP) is 5.63. The number of aromatic nitrogens is 1. The Labute approximate surface area is 164 Å². The lowest BCUT2D eigenvalue weighted by Crippen LogP contribution is -2.28. The third kappa shape index (κ3) is 2.52. The maximum atomic E-state index is 13.6. The standard InChI is InChI=1S/C21H15N3OS2/c1-12-10-11-13-18(22)19(27-20(13)23-12)21(25)24-14-6-2-4-8-16(14)26-17-9-5-3-7-15(17)24/h2-11H,22H2,1H3. The van der Waals surface area contributed by atoms with E-state index in [4.69, 9.17) is 5.73 Å². The molecule has 2 aromatic carbocycles. The van der Waals surface area contributed by atoms with E-state index in [0.717, 1.165) is 37.1 Å². The van der Waals surface area contributed by atoms with Crippen LogP contribution in [-0.2, 0) is 0 Å². The summed E-state index contributed by atoms with van der Waals surface area (Å²) < 4.78 is 0. The number of carbonyl (C=O) groups excluding carboxylic acids is 1. The Morgan fingerprint density at radius 3 is 2.26 bits per heavy atom. The highest BCUT2D eigenvalue weighted by Gasteiger charge is 2.31. The molecule has 0 fully saturated rings. The Kier molecular flexibility index (Phi) is 3.70. The van der Waals surface area contributed by atoms with Crippen molar-refractivity contribution in [3.63, 3.8) is 0 Å². The van der Waals surface area contributed by atoms with E-state index in [2.05, 4.69) is 4.98 Å². The van der Waals surface area contributed by atoms with Crippen LogP contribution in [0, 0.1) is 6.92 Å². The highest BCUT2D eigenvalue weighted by atomic mass is 32.2. The molecule has 0 unspecified atom stereocenters. The van der Waals surface area contributed by atoms with E-state index >= 15 is 0 Å². The smallest absolute Gasteiger partial charge is 0.275 e. The van der Waals surface area contributed by atoms with Crippen molar-refractivity contribution in [3.05, 3.63) is 71.2 Å². The summed E-state index contributed by atoms with van der Waals surface area (Å²) in [4.78, 5) is 23.4. The normalized spacial score (nSPS) is 12.7. The number of anilines is 3. The van der Waals surface area contributed by atoms with Crippen LogP contribution in [0.4, 0.5) is 17.1 Å². The number of thiophene rings is 1. The predicted molar refractivity (Wildman–Crippen MR) is 112 cm³/mol. The zero-order valence-electron chi connectivity index (χ0n) is 14.5. The Balaban J connectivity index is 1.71. The van der Waals surface area contributed by atoms with E-state index in [9.17, 15) is 4.79 Å². The second kappa shape index (κ2) is 6.11. The van der Waals surface area contributed by atoms with Crippen LogP contribution < -0.4 is 10.6 Å². The number of hydrogen-bond donors (Lipinski definition) is 1. The van der Waals surface area contributed by atoms with Gasteiger partial charge in [0.05, 0.1) is 17.1 Å². The van der Waals surface area contributed by atoms with Crippen LogP contribution in [0.1, 0.15) is 15.4 Å². The zero-order chi connectivity index (χ0) is 18.5. The summed E-state index contributed by atoms with van der Waals surface area (Å²) in [6.45, 7) is 1.94. The molecule has 4 aromatic rings. The van der Waals surface area contributed by atoms with Crippen LogP contribution in [0.25, 0.3) is 10.2 Å². The van der Waals surface area contributed by atoms with Gasteiger partial charge >= 0.3 is 0 Å². The van der Waals surface area contributed by atoms with Crippen LogP contribution in [0.2, 0.25) is 0 Å². The van der Waals surface area contributed by atoms with Gasteiger partial charge in [-0.2, -0.15) is 0 Å². The van der Waals surface area contributed by atoms with Crippen molar-refractivity contribution in [1.29, 1.82) is 0 Å². The molecule has 2 N–H and O–H groups in total. The Morgan fingerprint density at radius 2 is 1.59 bits per heavy atom. The minimum absolute atomic E-state index is 0.117. The summed E-state index contributed by atoms with van der Waals surface area (Å²) in [7, 11) is 0. The summed E-state index contributed by atoms with van der Waals surface area (Å²) in [6, 6.07) is 19.8. The molecule has 0 saturated carbocycles. The van der Waals surface area contributed by atoms with Crippen molar-refractivity contribution in [2.75, 3.05) is 10.6 Å². The van der Waals surface area contributed by atoms with Crippen molar-refractivity contribution in [2.45, 2.75) is 16.7 Å². The molecule has 27 heavy (non-hydrogen) atoms. The van der Waals surface area contributed by atoms with Gasteiger partial charge in [0.15, 0.2) is 0 Å². The van der Waals surface area contributed by atoms with Crippen molar-refractivity contribution in [1.82, 2.24) is 4.98 Å². The minimum atomic E-state index is -0.117. The molecule has 3 heterocycles. The number of para-hydroxylation sites is 2. The first-order chi connectivity index (χ1) is 13.1. The molecule has 4 nitrogen and oxygen atoms in total. The molecule has 2 aromatic heterocycles. The van der Waals surface area contributed by atoms with Gasteiger partial charge in [-0.25, -0.2) is 4.98 Å². The average Bonchev–Trinajstić information content (AvgIpc) is 3.01. The van der Waals surface area contributed by atoms with Gasteiger partial charge in [0.25, 0.3) is 5.91 Å². The van der Waals surface area contributed by atoms with Gasteiger partial charge in [0, 0.05) is 20.9 Å². The van der Waals surface area contributed by atoms with Crippen LogP contribution >= 0.6 is 23.1 Å². The Morgan fingerprint density at radius 1 is 0.963 bits per heavy atom. The molecule has 0 saturated heterocycles. The quantitative estimate of drug-likeness (QED) is 0.458. The summed E-state index contributed by atoms with van der Waals surface area (Å²) in [6.07, 6.45) is 0. The van der Waals surface area contributed by atoms with Crippen LogP contribution in [0.3, 0.4) is 0 Å². The monoisotopic (exact) mass is 389 g/mol. The second-order valence-electron chi connectivity index (χ2n) is 6.33. The largest absolute Gasteiger partial charge is 0.397 e. The lowest BCUT2D eigenvalue weighted by molar-refractivity contribution is 0.100. The maximum Gasteiger partial charge on any atom is 0.275 e. The van der Waals surface area contributed by atoms with Gasteiger partial charge in [0.2, 0.25) is 0 Å². The maximum absolute atomic E-state index is 13.6. The SMILES string of the molecule is Cc1ccc2c(N)c(C(=O)N3c4ccccc4Sc4ccccc43)sc2n1. The number of rotatable bonds is 1. The van der Waals surface area contributed by atoms with Gasteiger partial charge in [-0.1, -0.05) is 36.0 Å². The van der Waals surface area contributed by atoms with Gasteiger partial charge < -0.3 is 5.73 Å². The molecule has 1 aliphatic heterocycles. The van der Waals surface area contributed by atoms with Crippen molar-refractivity contribution in [3.8, 4) is 0 Å². The number of hydrogen-bond acceptors (Lipinski definition) is 5. The third-order valence-corrected chi connectivity index (χ3v) is 6.80. The van der Waals surface area contributed by atoms with Crippen molar-refractivity contribution < 1.29 is 4.79 Å². The number of benzene rings is 2. The first-order valence-corrected chi connectivity index (χ1v) is 10.1. The molecule has 0 bridgehead atoms. The number of aryl methyl sites for hydroxylation is 1. The first kappa shape index (κ1) is 16.4. The van der Waals surface area contributed by atoms with E-state index in [-0.39, 0.29) is 5.91 Å². The third-order valence-electron chi connectivity index (χ3n) is 4.56. The second-order valence-corrected chi connectivity index (χ2v) is 8.41. The minimum Gasteiger partial charge on any atom is -0.397 e. The summed E-state index contributed by atoms with van der Waals surface area (Å²) in [5.74, 6) is -0.117. The van der Waals surface area contributed by atoms with Crippen LogP contribution in [0.15, 0.2) is 70.5 Å². The molecule has 0 spiro atoms. The molecule has 0 radical (unpaired) electrons. The molecule has 1 aliphatic rings. The fourth-order valence-electron chi connectivity index (χ4n) is 3.27. The van der Waals surface area contributed by atoms with E-state index in [0.29, 0.717) is 10.6 Å². The number of fused-ring (bicyclic) bond motifs is 3. The van der Waals surface area contributed by atoms with Crippen LogP contribution in [-0.4, -0.2) is 10.9 Å². The summed E-state index contributed by atoms with van der Waals surface area (Å²) >= 11 is 3.03. The molecular weight excluding hydrogens is 374 g/mol. The molecule has 5 rings (SSSR count). The molecule has 6 heteroatoms. The van der Waals surface area contributed by atoms with Crippen molar-refractivity contribution >= 4 is 56.3 Å². The molecule has 132 valence electrons. The highest BCUT2D eigenvalue weighted by Crippen LogP contribution is 2.49. The fourth-order valence-corrected chi connectivity index (χ4v) is 5.40. The van der Waals surface area contributed by atoms with E-state index in [1.807, 2.05) is 67.6 Å². The number of nitrogen functional groups attached to an aromatic ring is 1. The van der Waals surface area contributed by atoms with E-state index in [1.54, 1.807) is 16.7 Å². The van der Waals surface area contributed by atoms with Gasteiger partial charge in [-0.05, 0) is 43.3 Å². The van der Waals surface area contributed by atoms with E-state index in [1.165, 1.54) is 11.3 Å². The fraction of sp³-hybridized carbons (Fsp3) is 0.0476. The lowest BCUT2D eigenvalue weighted by atomic mass is 10.2. The molecular formula is C21H15N3OS2. The molecule has 0 atom stereocenters. The van der Waals surface area contributed by atoms with Crippen molar-refractivity contribution in [2.24, 2.45) is 0 Å². The van der Waals surface area contributed by atoms with E-state index < -0.39 is 0 Å². The number of nitrogens with zero attached hydrogens (tertiary/aromatic N) is 2. The number of pyridine rings is 1. The first-order valence-electron chi connectivity index (χ1n) is 8.49. The van der Waals surface area contributed by atoms with Crippen LogP contribution in [0.5, 0.6) is 0 Å². The molecule has 1 amide bonds. The highest BCUT2D eigenvalue weighted by molar-refractivity contribution is 7.99. The summed E-state index contributed by atoms with van der Waals surface area (Å²) in [5.41, 5.74) is 9.53. The Hall–Kier alpha value is -2.83. The van der Waals surface area contributed by atoms with Gasteiger partial charge in [-0.15, -0.1) is 11.3 Å². The Bertz CT molecular complexity index is 1170. The van der Waals surface area contributed by atoms with Gasteiger partial charge in [0.1, 0.15) is 9.71 Å². The topological polar surface area (TPSA) is 59.2 Å².